The molecule has 1 aliphatic carbocycles. The lowest BCUT2D eigenvalue weighted by atomic mass is 10.0. The molecule has 2 aliphatic rings. The molecular formula is C22H30N2O3. The molecule has 0 spiro atoms. The summed E-state index contributed by atoms with van der Waals surface area (Å²) >= 11 is 0. The molecule has 5 heteroatoms. The smallest absolute Gasteiger partial charge is 0.414 e. The molecule has 1 heterocycles. The third-order valence-electron chi connectivity index (χ3n) is 4.92. The van der Waals surface area contributed by atoms with Gasteiger partial charge in [0.25, 0.3) is 0 Å². The van der Waals surface area contributed by atoms with Crippen LogP contribution in [0.3, 0.4) is 0 Å². The van der Waals surface area contributed by atoms with Crippen molar-refractivity contribution in [3.63, 3.8) is 0 Å². The lowest BCUT2D eigenvalue weighted by Gasteiger charge is -2.28. The van der Waals surface area contributed by atoms with Crippen LogP contribution in [-0.4, -0.2) is 30.7 Å². The summed E-state index contributed by atoms with van der Waals surface area (Å²) in [5.74, 6) is 0.593. The van der Waals surface area contributed by atoms with E-state index in [1.54, 1.807) is 4.90 Å². The third kappa shape index (κ3) is 4.71. The fourth-order valence-electron chi connectivity index (χ4n) is 3.72. The van der Waals surface area contributed by atoms with Crippen LogP contribution in [0.5, 0.6) is 0 Å². The van der Waals surface area contributed by atoms with E-state index in [0.717, 1.165) is 24.2 Å². The normalized spacial score (nSPS) is 22.4. The molecular weight excluding hydrogens is 340 g/mol. The van der Waals surface area contributed by atoms with Gasteiger partial charge in [-0.1, -0.05) is 31.2 Å². The molecule has 0 radical (unpaired) electrons. The number of carbonyl (C=O) groups excluding carboxylic acids is 2. The zero-order valence-corrected chi connectivity index (χ0v) is 16.8. The predicted molar refractivity (Wildman–Crippen MR) is 108 cm³/mol. The number of rotatable bonds is 2. The van der Waals surface area contributed by atoms with Crippen LogP contribution in [0, 0.1) is 11.8 Å². The maximum atomic E-state index is 13.1. The van der Waals surface area contributed by atoms with Gasteiger partial charge in [-0.3, -0.25) is 9.69 Å². The third-order valence-corrected chi connectivity index (χ3v) is 4.92. The Balaban J connectivity index is 1.89. The van der Waals surface area contributed by atoms with Crippen LogP contribution in [-0.2, 0) is 9.53 Å². The molecule has 0 fully saturated rings. The number of allylic oxidation sites excluding steroid dienone is 2. The number of amides is 2. The predicted octanol–water partition coefficient (Wildman–Crippen LogP) is 4.77. The topological polar surface area (TPSA) is 49.9 Å². The minimum absolute atomic E-state index is 0.122. The highest BCUT2D eigenvalue weighted by molar-refractivity contribution is 6.01. The molecule has 0 saturated carbocycles. The molecule has 0 unspecified atom stereocenters. The molecule has 0 bridgehead atoms. The molecule has 3 rings (SSSR count). The Labute approximate surface area is 162 Å². The first-order valence-electron chi connectivity index (χ1n) is 9.81. The van der Waals surface area contributed by atoms with Gasteiger partial charge in [0.2, 0.25) is 5.91 Å². The quantitative estimate of drug-likeness (QED) is 0.705. The summed E-state index contributed by atoms with van der Waals surface area (Å²) in [7, 11) is 0. The maximum Gasteiger partial charge on any atom is 0.414 e. The second-order valence-electron chi connectivity index (χ2n) is 8.66. The molecule has 146 valence electrons. The number of hydrogen-bond acceptors (Lipinski definition) is 3. The summed E-state index contributed by atoms with van der Waals surface area (Å²) in [6.07, 6.45) is 6.55. The monoisotopic (exact) mass is 370 g/mol. The van der Waals surface area contributed by atoms with Crippen molar-refractivity contribution in [2.75, 3.05) is 22.9 Å². The number of benzene rings is 1. The average Bonchev–Trinajstić information content (AvgIpc) is 3.03. The van der Waals surface area contributed by atoms with Gasteiger partial charge in [-0.15, -0.1) is 0 Å². The largest absolute Gasteiger partial charge is 0.443 e. The van der Waals surface area contributed by atoms with Crippen molar-refractivity contribution in [1.82, 2.24) is 0 Å². The SMILES string of the molecule is C[C@H]1CN(C(=O)C[C@H]2C=CCC2)c2ccccc2N(C(=O)OC(C)(C)C)C1. The van der Waals surface area contributed by atoms with E-state index in [4.69, 9.17) is 4.74 Å². The van der Waals surface area contributed by atoms with Crippen LogP contribution in [0.2, 0.25) is 0 Å². The molecule has 0 N–H and O–H groups in total. The zero-order valence-electron chi connectivity index (χ0n) is 16.8. The van der Waals surface area contributed by atoms with E-state index in [2.05, 4.69) is 19.1 Å². The molecule has 2 atom stereocenters. The van der Waals surface area contributed by atoms with Crippen LogP contribution >= 0.6 is 0 Å². The van der Waals surface area contributed by atoms with Gasteiger partial charge in [-0.05, 0) is 57.6 Å². The molecule has 1 aliphatic heterocycles. The standard InChI is InChI=1S/C22H30N2O3/c1-16-14-23(20(25)13-17-9-5-6-10-17)18-11-7-8-12-19(18)24(15-16)21(26)27-22(2,3)4/h5,7-9,11-12,16-17H,6,10,13-15H2,1-4H3/t16-,17-/m0/s1. The summed E-state index contributed by atoms with van der Waals surface area (Å²) in [6, 6.07) is 7.63. The number of fused-ring (bicyclic) bond motifs is 1. The van der Waals surface area contributed by atoms with Crippen molar-refractivity contribution in [3.05, 3.63) is 36.4 Å². The van der Waals surface area contributed by atoms with E-state index in [0.29, 0.717) is 25.4 Å². The average molecular weight is 370 g/mol. The first-order valence-corrected chi connectivity index (χ1v) is 9.81. The number of carbonyl (C=O) groups is 2. The van der Waals surface area contributed by atoms with Gasteiger partial charge < -0.3 is 9.64 Å². The van der Waals surface area contributed by atoms with Gasteiger partial charge >= 0.3 is 6.09 Å². The molecule has 0 aromatic heterocycles. The second kappa shape index (κ2) is 7.75. The summed E-state index contributed by atoms with van der Waals surface area (Å²) in [5.41, 5.74) is 0.970. The number of hydrogen-bond donors (Lipinski definition) is 0. The Morgan fingerprint density at radius 1 is 1.11 bits per heavy atom. The van der Waals surface area contributed by atoms with Gasteiger partial charge in [0.1, 0.15) is 5.60 Å². The van der Waals surface area contributed by atoms with Crippen molar-refractivity contribution in [1.29, 1.82) is 0 Å². The zero-order chi connectivity index (χ0) is 19.6. The first kappa shape index (κ1) is 19.5. The van der Waals surface area contributed by atoms with Crippen molar-refractivity contribution >= 4 is 23.4 Å². The number of nitrogens with zero attached hydrogens (tertiary/aromatic N) is 2. The van der Waals surface area contributed by atoms with E-state index in [9.17, 15) is 9.59 Å². The van der Waals surface area contributed by atoms with E-state index in [1.165, 1.54) is 0 Å². The van der Waals surface area contributed by atoms with Crippen molar-refractivity contribution < 1.29 is 14.3 Å². The first-order chi connectivity index (χ1) is 12.7. The lowest BCUT2D eigenvalue weighted by molar-refractivity contribution is -0.119. The van der Waals surface area contributed by atoms with Crippen LogP contribution in [0.15, 0.2) is 36.4 Å². The van der Waals surface area contributed by atoms with Crippen molar-refractivity contribution in [2.24, 2.45) is 11.8 Å². The van der Waals surface area contributed by atoms with E-state index in [-0.39, 0.29) is 17.9 Å². The van der Waals surface area contributed by atoms with E-state index >= 15 is 0 Å². The summed E-state index contributed by atoms with van der Waals surface area (Å²) < 4.78 is 5.62. The fraction of sp³-hybridized carbons (Fsp3) is 0.545. The Bertz CT molecular complexity index is 735. The number of para-hydroxylation sites is 2. The van der Waals surface area contributed by atoms with Crippen LogP contribution in [0.4, 0.5) is 16.2 Å². The molecule has 1 aromatic carbocycles. The lowest BCUT2D eigenvalue weighted by Crippen LogP contribution is -2.39. The van der Waals surface area contributed by atoms with Gasteiger partial charge in [0, 0.05) is 19.5 Å². The summed E-state index contributed by atoms with van der Waals surface area (Å²) in [6.45, 7) is 8.79. The maximum absolute atomic E-state index is 13.1. The Kier molecular flexibility index (Phi) is 5.59. The highest BCUT2D eigenvalue weighted by Crippen LogP contribution is 2.35. The summed E-state index contributed by atoms with van der Waals surface area (Å²) in [5, 5.41) is 0. The van der Waals surface area contributed by atoms with Crippen LogP contribution < -0.4 is 9.80 Å². The van der Waals surface area contributed by atoms with Gasteiger partial charge in [-0.2, -0.15) is 0 Å². The molecule has 2 amide bonds. The van der Waals surface area contributed by atoms with Crippen LogP contribution in [0.1, 0.15) is 47.0 Å². The Morgan fingerprint density at radius 3 is 2.33 bits per heavy atom. The van der Waals surface area contributed by atoms with Gasteiger partial charge in [-0.25, -0.2) is 4.79 Å². The summed E-state index contributed by atoms with van der Waals surface area (Å²) in [4.78, 5) is 29.4. The Hall–Kier alpha value is -2.30. The molecule has 5 nitrogen and oxygen atoms in total. The van der Waals surface area contributed by atoms with Gasteiger partial charge in [0.05, 0.1) is 11.4 Å². The van der Waals surface area contributed by atoms with E-state index < -0.39 is 5.60 Å². The minimum Gasteiger partial charge on any atom is -0.443 e. The Morgan fingerprint density at radius 2 is 1.74 bits per heavy atom. The highest BCUT2D eigenvalue weighted by atomic mass is 16.6. The van der Waals surface area contributed by atoms with Crippen LogP contribution in [0.25, 0.3) is 0 Å². The molecule has 27 heavy (non-hydrogen) atoms. The van der Waals surface area contributed by atoms with Gasteiger partial charge in [0.15, 0.2) is 0 Å². The number of ether oxygens (including phenoxy) is 1. The highest BCUT2D eigenvalue weighted by Gasteiger charge is 2.33. The minimum atomic E-state index is -0.564. The number of anilines is 2. The van der Waals surface area contributed by atoms with Crippen molar-refractivity contribution in [3.8, 4) is 0 Å². The van der Waals surface area contributed by atoms with E-state index in [1.807, 2.05) is 49.9 Å². The molecule has 1 aromatic rings. The van der Waals surface area contributed by atoms with Crippen molar-refractivity contribution in [2.45, 2.75) is 52.6 Å². The molecule has 0 saturated heterocycles. The fourth-order valence-corrected chi connectivity index (χ4v) is 3.72. The second-order valence-corrected chi connectivity index (χ2v) is 8.66.